The summed E-state index contributed by atoms with van der Waals surface area (Å²) in [6.45, 7) is 0. The molecule has 77 heavy (non-hydrogen) atoms. The average molecular weight is 971 g/mol. The summed E-state index contributed by atoms with van der Waals surface area (Å²) in [5.41, 5.74) is 20.1. The SMILES string of the molecule is c1ccc2c(c1)-c1ccccc1C21c2cc(-c3c4ccccc4c(-c4cccc5ccccc45)c4ccccc34)ccc2-c2ccc3cc(-c4c5ccccc5c(-c5cccc6ccccc56)c5ccccc45)ccc3c21. The minimum Gasteiger partial charge on any atom is -0.0619 e. The van der Waals surface area contributed by atoms with Crippen LogP contribution >= 0.6 is 0 Å². The number of hydrogen-bond acceptors (Lipinski definition) is 0. The number of hydrogen-bond donors (Lipinski definition) is 0. The molecule has 2 aliphatic rings. The molecule has 15 aromatic carbocycles. The summed E-state index contributed by atoms with van der Waals surface area (Å²) >= 11 is 0. The zero-order valence-electron chi connectivity index (χ0n) is 42.1. The molecule has 0 bridgehead atoms. The molecule has 2 aliphatic carbocycles. The van der Waals surface area contributed by atoms with E-state index in [1.165, 1.54) is 164 Å². The van der Waals surface area contributed by atoms with Gasteiger partial charge in [-0.2, -0.15) is 0 Å². The van der Waals surface area contributed by atoms with Gasteiger partial charge in [0.25, 0.3) is 0 Å². The summed E-state index contributed by atoms with van der Waals surface area (Å²) in [5.74, 6) is 0. The molecule has 15 aromatic rings. The van der Waals surface area contributed by atoms with Crippen molar-refractivity contribution in [2.45, 2.75) is 5.41 Å². The van der Waals surface area contributed by atoms with Crippen LogP contribution in [-0.2, 0) is 5.41 Å². The van der Waals surface area contributed by atoms with E-state index in [1.807, 2.05) is 0 Å². The highest BCUT2D eigenvalue weighted by molar-refractivity contribution is 6.25. The summed E-state index contributed by atoms with van der Waals surface area (Å²) in [4.78, 5) is 0. The van der Waals surface area contributed by atoms with Gasteiger partial charge in [0.2, 0.25) is 0 Å². The van der Waals surface area contributed by atoms with Crippen LogP contribution in [0.15, 0.2) is 279 Å². The molecule has 0 heterocycles. The molecule has 17 rings (SSSR count). The van der Waals surface area contributed by atoms with E-state index in [-0.39, 0.29) is 0 Å². The van der Waals surface area contributed by atoms with Gasteiger partial charge in [-0.05, 0) is 177 Å². The van der Waals surface area contributed by atoms with Gasteiger partial charge in [-0.25, -0.2) is 0 Å². The van der Waals surface area contributed by atoms with Crippen molar-refractivity contribution in [1.82, 2.24) is 0 Å². The summed E-state index contributed by atoms with van der Waals surface area (Å²) in [5, 5.41) is 17.6. The average Bonchev–Trinajstić information content (AvgIpc) is 4.20. The Hall–Kier alpha value is -9.88. The highest BCUT2D eigenvalue weighted by Gasteiger charge is 2.52. The molecule has 0 heteroatoms. The Morgan fingerprint density at radius 2 is 0.532 bits per heavy atom. The Labute approximate surface area is 446 Å². The monoisotopic (exact) mass is 970 g/mol. The zero-order chi connectivity index (χ0) is 50.3. The zero-order valence-corrected chi connectivity index (χ0v) is 42.1. The number of rotatable bonds is 4. The molecule has 0 atom stereocenters. The van der Waals surface area contributed by atoms with Crippen LogP contribution in [-0.4, -0.2) is 0 Å². The van der Waals surface area contributed by atoms with Gasteiger partial charge >= 0.3 is 0 Å². The Bertz CT molecular complexity index is 4880. The van der Waals surface area contributed by atoms with Crippen molar-refractivity contribution in [1.29, 1.82) is 0 Å². The van der Waals surface area contributed by atoms with Crippen LogP contribution in [0.3, 0.4) is 0 Å². The molecule has 0 saturated heterocycles. The van der Waals surface area contributed by atoms with Crippen LogP contribution < -0.4 is 0 Å². The molecule has 0 radical (unpaired) electrons. The van der Waals surface area contributed by atoms with Crippen molar-refractivity contribution >= 4 is 75.4 Å². The largest absolute Gasteiger partial charge is 0.0731 e. The molecular weight excluding hydrogens is 925 g/mol. The first-order chi connectivity index (χ1) is 38.2. The lowest BCUT2D eigenvalue weighted by atomic mass is 9.69. The second-order valence-electron chi connectivity index (χ2n) is 21.3. The maximum atomic E-state index is 2.58. The third-order valence-corrected chi connectivity index (χ3v) is 17.6. The molecule has 0 aliphatic heterocycles. The fourth-order valence-electron chi connectivity index (χ4n) is 14.6. The Balaban J connectivity index is 0.917. The lowest BCUT2D eigenvalue weighted by Crippen LogP contribution is -2.26. The highest BCUT2D eigenvalue weighted by atomic mass is 14.5. The molecule has 0 unspecified atom stereocenters. The van der Waals surface area contributed by atoms with Gasteiger partial charge in [-0.1, -0.05) is 267 Å². The van der Waals surface area contributed by atoms with Crippen molar-refractivity contribution in [3.63, 3.8) is 0 Å². The van der Waals surface area contributed by atoms with Gasteiger partial charge in [0.1, 0.15) is 0 Å². The minimum atomic E-state index is -0.567. The van der Waals surface area contributed by atoms with Crippen LogP contribution in [0.25, 0.3) is 142 Å². The maximum Gasteiger partial charge on any atom is 0.0731 e. The van der Waals surface area contributed by atoms with Crippen LogP contribution in [0.2, 0.25) is 0 Å². The van der Waals surface area contributed by atoms with Gasteiger partial charge in [0, 0.05) is 0 Å². The molecular formula is C77H46. The second kappa shape index (κ2) is 16.1. The Morgan fingerprint density at radius 1 is 0.182 bits per heavy atom. The third-order valence-electron chi connectivity index (χ3n) is 17.6. The van der Waals surface area contributed by atoms with Crippen molar-refractivity contribution in [2.75, 3.05) is 0 Å². The predicted octanol–water partition coefficient (Wildman–Crippen LogP) is 20.8. The van der Waals surface area contributed by atoms with Crippen LogP contribution in [0.1, 0.15) is 22.3 Å². The van der Waals surface area contributed by atoms with E-state index >= 15 is 0 Å². The second-order valence-corrected chi connectivity index (χ2v) is 21.3. The van der Waals surface area contributed by atoms with E-state index in [4.69, 9.17) is 0 Å². The molecule has 0 aromatic heterocycles. The fourth-order valence-corrected chi connectivity index (χ4v) is 14.6. The standard InChI is InChI=1S/C77H46/c1-3-23-52-47(19-1)21-17-35-58(52)74-64-31-9-5-27-60(64)72(61-28-6-10-32-65(61)74)50-40-42-54-49(45-50)39-44-68-57-43-41-51(46-71(57)77(76(54)68)69-37-15-13-25-55(69)56-26-14-16-38-70(56)77)73-62-29-7-11-33-66(62)75(67-34-12-8-30-63(67)73)59-36-18-22-48-20-2-4-24-53(48)59/h1-46H. The van der Waals surface area contributed by atoms with Crippen molar-refractivity contribution in [3.8, 4) is 66.8 Å². The molecule has 1 spiro atoms. The first-order valence-corrected chi connectivity index (χ1v) is 27.0. The summed E-state index contributed by atoms with van der Waals surface area (Å²) in [7, 11) is 0. The predicted molar refractivity (Wildman–Crippen MR) is 327 cm³/mol. The van der Waals surface area contributed by atoms with Gasteiger partial charge in [0.15, 0.2) is 0 Å². The van der Waals surface area contributed by atoms with E-state index in [2.05, 4.69) is 279 Å². The maximum absolute atomic E-state index is 2.58. The van der Waals surface area contributed by atoms with Gasteiger partial charge in [-0.15, -0.1) is 0 Å². The lowest BCUT2D eigenvalue weighted by molar-refractivity contribution is 0.801. The van der Waals surface area contributed by atoms with E-state index in [0.717, 1.165) is 0 Å². The Kier molecular flexibility index (Phi) is 8.86. The molecule has 0 saturated carbocycles. The topological polar surface area (TPSA) is 0 Å². The smallest absolute Gasteiger partial charge is 0.0619 e. The summed E-state index contributed by atoms with van der Waals surface area (Å²) in [6.07, 6.45) is 0. The molecule has 0 N–H and O–H groups in total. The molecule has 0 nitrogen and oxygen atoms in total. The van der Waals surface area contributed by atoms with Crippen molar-refractivity contribution in [2.24, 2.45) is 0 Å². The van der Waals surface area contributed by atoms with Crippen LogP contribution in [0, 0.1) is 0 Å². The van der Waals surface area contributed by atoms with Gasteiger partial charge in [0.05, 0.1) is 5.41 Å². The van der Waals surface area contributed by atoms with E-state index in [9.17, 15) is 0 Å². The first-order valence-electron chi connectivity index (χ1n) is 27.0. The molecule has 0 fully saturated rings. The van der Waals surface area contributed by atoms with Gasteiger partial charge in [-0.3, -0.25) is 0 Å². The normalized spacial score (nSPS) is 13.0. The van der Waals surface area contributed by atoms with Crippen molar-refractivity contribution < 1.29 is 0 Å². The first kappa shape index (κ1) is 42.5. The highest BCUT2D eigenvalue weighted by Crippen LogP contribution is 2.65. The third kappa shape index (κ3) is 5.77. The quantitative estimate of drug-likeness (QED) is 0.154. The number of benzene rings is 15. The Morgan fingerprint density at radius 3 is 1.03 bits per heavy atom. The van der Waals surface area contributed by atoms with E-state index in [1.54, 1.807) is 0 Å². The van der Waals surface area contributed by atoms with Gasteiger partial charge < -0.3 is 0 Å². The van der Waals surface area contributed by atoms with Crippen LogP contribution in [0.4, 0.5) is 0 Å². The van der Waals surface area contributed by atoms with E-state index < -0.39 is 5.41 Å². The molecule has 354 valence electrons. The summed E-state index contributed by atoms with van der Waals surface area (Å²) in [6, 6.07) is 105. The van der Waals surface area contributed by atoms with E-state index in [0.29, 0.717) is 0 Å². The van der Waals surface area contributed by atoms with Crippen LogP contribution in [0.5, 0.6) is 0 Å². The summed E-state index contributed by atoms with van der Waals surface area (Å²) < 4.78 is 0. The number of fused-ring (bicyclic) bond motifs is 18. The fraction of sp³-hybridized carbons (Fsp3) is 0.0130. The lowest BCUT2D eigenvalue weighted by Gasteiger charge is -2.32. The van der Waals surface area contributed by atoms with Crippen molar-refractivity contribution in [3.05, 3.63) is 301 Å². The minimum absolute atomic E-state index is 0.567. The molecule has 0 amide bonds.